The van der Waals surface area contributed by atoms with Gasteiger partial charge in [-0.15, -0.1) is 0 Å². The van der Waals surface area contributed by atoms with Gasteiger partial charge in [0.2, 0.25) is 0 Å². The van der Waals surface area contributed by atoms with Crippen LogP contribution >= 0.6 is 28.1 Å². The van der Waals surface area contributed by atoms with Gasteiger partial charge in [0, 0.05) is 35.9 Å². The van der Waals surface area contributed by atoms with E-state index < -0.39 is 0 Å². The molecule has 0 saturated heterocycles. The Balaban J connectivity index is 2.84. The van der Waals surface area contributed by atoms with Crippen molar-refractivity contribution in [1.82, 2.24) is 0 Å². The summed E-state index contributed by atoms with van der Waals surface area (Å²) in [6.07, 6.45) is 0. The van der Waals surface area contributed by atoms with Crippen LogP contribution in [0.3, 0.4) is 0 Å². The van der Waals surface area contributed by atoms with Gasteiger partial charge in [-0.2, -0.15) is 0 Å². The average molecular weight is 317 g/mol. The van der Waals surface area contributed by atoms with Crippen molar-refractivity contribution in [2.24, 2.45) is 5.73 Å². The molecule has 1 rings (SSSR count). The molecule has 0 aliphatic heterocycles. The fraction of sp³-hybridized carbons (Fsp3) is 0.417. The molecule has 0 aliphatic rings. The Morgan fingerprint density at radius 1 is 1.53 bits per heavy atom. The summed E-state index contributed by atoms with van der Waals surface area (Å²) in [5, 5.41) is 0. The third kappa shape index (κ3) is 4.26. The Morgan fingerprint density at radius 2 is 2.24 bits per heavy atom. The second-order valence-corrected chi connectivity index (χ2v) is 5.00. The minimum atomic E-state index is 0.407. The number of rotatable bonds is 6. The van der Waals surface area contributed by atoms with Gasteiger partial charge in [-0.05, 0) is 25.1 Å². The molecule has 0 amide bonds. The van der Waals surface area contributed by atoms with E-state index in [1.807, 2.05) is 32.2 Å². The molecular weight excluding hydrogens is 300 g/mol. The highest BCUT2D eigenvalue weighted by Crippen LogP contribution is 2.23. The molecule has 0 atom stereocenters. The van der Waals surface area contributed by atoms with Crippen LogP contribution in [0, 0.1) is 0 Å². The molecule has 0 bridgehead atoms. The zero-order chi connectivity index (χ0) is 12.8. The first-order valence-corrected chi connectivity index (χ1v) is 6.64. The fourth-order valence-electron chi connectivity index (χ4n) is 1.50. The lowest BCUT2D eigenvalue weighted by molar-refractivity contribution is 0.154. The fourth-order valence-corrected chi connectivity index (χ4v) is 2.03. The van der Waals surface area contributed by atoms with E-state index in [1.54, 1.807) is 0 Å². The second-order valence-electron chi connectivity index (χ2n) is 3.64. The number of nitrogens with two attached hydrogens (primary N) is 1. The Morgan fingerprint density at radius 3 is 2.82 bits per heavy atom. The van der Waals surface area contributed by atoms with Crippen LogP contribution in [0.25, 0.3) is 0 Å². The number of halogens is 1. The summed E-state index contributed by atoms with van der Waals surface area (Å²) in [4.78, 5) is 2.50. The number of hydrogen-bond donors (Lipinski definition) is 1. The Kier molecular flexibility index (Phi) is 5.88. The molecule has 0 spiro atoms. The van der Waals surface area contributed by atoms with Crippen LogP contribution in [-0.4, -0.2) is 31.8 Å². The lowest BCUT2D eigenvalue weighted by Gasteiger charge is -2.22. The molecule has 0 fully saturated rings. The molecule has 0 radical (unpaired) electrons. The molecule has 0 aliphatic carbocycles. The maximum absolute atomic E-state index is 5.73. The molecule has 0 aromatic heterocycles. The Bertz CT molecular complexity index is 398. The normalized spacial score (nSPS) is 10.3. The van der Waals surface area contributed by atoms with Crippen LogP contribution in [0.15, 0.2) is 22.7 Å². The maximum atomic E-state index is 5.73. The summed E-state index contributed by atoms with van der Waals surface area (Å²) in [7, 11) is 2.00. The van der Waals surface area contributed by atoms with Crippen molar-refractivity contribution in [3.05, 3.63) is 28.2 Å². The SMILES string of the molecule is CCOCCN(C)c1ccc(Br)cc1C(N)=S. The highest BCUT2D eigenvalue weighted by Gasteiger charge is 2.09. The molecule has 0 saturated carbocycles. The lowest BCUT2D eigenvalue weighted by atomic mass is 10.1. The number of hydrogen-bond acceptors (Lipinski definition) is 3. The molecular formula is C12H17BrN2OS. The predicted octanol–water partition coefficient (Wildman–Crippen LogP) is 2.56. The summed E-state index contributed by atoms with van der Waals surface area (Å²) in [5.74, 6) is 0. The lowest BCUT2D eigenvalue weighted by Crippen LogP contribution is -2.25. The number of likely N-dealkylation sites (N-methyl/N-ethyl adjacent to an activating group) is 1. The highest BCUT2D eigenvalue weighted by molar-refractivity contribution is 9.10. The van der Waals surface area contributed by atoms with E-state index in [4.69, 9.17) is 22.7 Å². The topological polar surface area (TPSA) is 38.5 Å². The van der Waals surface area contributed by atoms with E-state index in [9.17, 15) is 0 Å². The molecule has 5 heteroatoms. The monoisotopic (exact) mass is 316 g/mol. The Labute approximate surface area is 116 Å². The number of nitrogens with zero attached hydrogens (tertiary/aromatic N) is 1. The molecule has 0 unspecified atom stereocenters. The smallest absolute Gasteiger partial charge is 0.106 e. The second kappa shape index (κ2) is 6.93. The van der Waals surface area contributed by atoms with Gasteiger partial charge in [-0.25, -0.2) is 0 Å². The van der Waals surface area contributed by atoms with Gasteiger partial charge in [0.1, 0.15) is 4.99 Å². The van der Waals surface area contributed by atoms with E-state index in [-0.39, 0.29) is 0 Å². The molecule has 1 aromatic carbocycles. The quantitative estimate of drug-likeness (QED) is 0.646. The average Bonchev–Trinajstić information content (AvgIpc) is 2.29. The van der Waals surface area contributed by atoms with Crippen molar-refractivity contribution in [2.75, 3.05) is 31.7 Å². The third-order valence-electron chi connectivity index (χ3n) is 2.41. The maximum Gasteiger partial charge on any atom is 0.106 e. The standard InChI is InChI=1S/C12H17BrN2OS/c1-3-16-7-6-15(2)11-5-4-9(13)8-10(11)12(14)17/h4-5,8H,3,6-7H2,1-2H3,(H2,14,17). The first-order valence-electron chi connectivity index (χ1n) is 5.44. The van der Waals surface area contributed by atoms with Crippen LogP contribution in [-0.2, 0) is 4.74 Å². The number of benzene rings is 1. The van der Waals surface area contributed by atoms with Gasteiger partial charge in [0.25, 0.3) is 0 Å². The summed E-state index contributed by atoms with van der Waals surface area (Å²) < 4.78 is 6.31. The summed E-state index contributed by atoms with van der Waals surface area (Å²) in [5.41, 5.74) is 7.64. The van der Waals surface area contributed by atoms with E-state index in [0.717, 1.165) is 28.9 Å². The van der Waals surface area contributed by atoms with Crippen molar-refractivity contribution in [3.63, 3.8) is 0 Å². The molecule has 0 heterocycles. The summed E-state index contributed by atoms with van der Waals surface area (Å²) in [6.45, 7) is 4.22. The van der Waals surface area contributed by atoms with E-state index in [0.29, 0.717) is 11.6 Å². The third-order valence-corrected chi connectivity index (χ3v) is 3.12. The zero-order valence-corrected chi connectivity index (χ0v) is 12.5. The van der Waals surface area contributed by atoms with Gasteiger partial charge in [0.05, 0.1) is 6.61 Å². The molecule has 2 N–H and O–H groups in total. The largest absolute Gasteiger partial charge is 0.389 e. The van der Waals surface area contributed by atoms with Crippen molar-refractivity contribution < 1.29 is 4.74 Å². The number of ether oxygens (including phenoxy) is 1. The Hall–Kier alpha value is -0.650. The van der Waals surface area contributed by atoms with Crippen LogP contribution < -0.4 is 10.6 Å². The predicted molar refractivity (Wildman–Crippen MR) is 79.8 cm³/mol. The van der Waals surface area contributed by atoms with Gasteiger partial charge in [0.15, 0.2) is 0 Å². The van der Waals surface area contributed by atoms with Crippen molar-refractivity contribution in [2.45, 2.75) is 6.92 Å². The summed E-state index contributed by atoms with van der Waals surface area (Å²) >= 11 is 8.48. The minimum Gasteiger partial charge on any atom is -0.389 e. The number of thiocarbonyl (C=S) groups is 1. The molecule has 1 aromatic rings. The van der Waals surface area contributed by atoms with Gasteiger partial charge >= 0.3 is 0 Å². The van der Waals surface area contributed by atoms with E-state index in [2.05, 4.69) is 20.8 Å². The van der Waals surface area contributed by atoms with Crippen molar-refractivity contribution >= 4 is 38.8 Å². The highest BCUT2D eigenvalue weighted by atomic mass is 79.9. The minimum absolute atomic E-state index is 0.407. The van der Waals surface area contributed by atoms with Crippen LogP contribution in [0.4, 0.5) is 5.69 Å². The van der Waals surface area contributed by atoms with Crippen LogP contribution in [0.5, 0.6) is 0 Å². The first kappa shape index (κ1) is 14.4. The zero-order valence-electron chi connectivity index (χ0n) is 10.1. The number of anilines is 1. The van der Waals surface area contributed by atoms with Crippen LogP contribution in [0.1, 0.15) is 12.5 Å². The molecule has 17 heavy (non-hydrogen) atoms. The van der Waals surface area contributed by atoms with E-state index >= 15 is 0 Å². The molecule has 3 nitrogen and oxygen atoms in total. The van der Waals surface area contributed by atoms with Gasteiger partial charge in [-0.3, -0.25) is 0 Å². The first-order chi connectivity index (χ1) is 8.06. The van der Waals surface area contributed by atoms with Gasteiger partial charge < -0.3 is 15.4 Å². The van der Waals surface area contributed by atoms with Crippen molar-refractivity contribution in [1.29, 1.82) is 0 Å². The van der Waals surface area contributed by atoms with Gasteiger partial charge in [-0.1, -0.05) is 28.1 Å². The molecule has 94 valence electrons. The van der Waals surface area contributed by atoms with E-state index in [1.165, 1.54) is 0 Å². The summed E-state index contributed by atoms with van der Waals surface area (Å²) in [6, 6.07) is 5.92. The van der Waals surface area contributed by atoms with Crippen molar-refractivity contribution in [3.8, 4) is 0 Å². The van der Waals surface area contributed by atoms with Crippen LogP contribution in [0.2, 0.25) is 0 Å².